The van der Waals surface area contributed by atoms with Crippen LogP contribution in [0, 0.1) is 0 Å². The first-order valence-corrected chi connectivity index (χ1v) is 4.99. The van der Waals surface area contributed by atoms with Gasteiger partial charge in [0.1, 0.15) is 10.7 Å². The molecule has 0 aliphatic rings. The van der Waals surface area contributed by atoms with E-state index < -0.39 is 24.6 Å². The molecule has 0 saturated carbocycles. The normalized spacial score (nSPS) is 14.6. The third-order valence-electron chi connectivity index (χ3n) is 1.84. The summed E-state index contributed by atoms with van der Waals surface area (Å²) in [7, 11) is 0. The van der Waals surface area contributed by atoms with Gasteiger partial charge in [0.15, 0.2) is 0 Å². The number of halogens is 1. The zero-order chi connectivity index (χ0) is 11.4. The van der Waals surface area contributed by atoms with Gasteiger partial charge in [-0.3, -0.25) is 4.79 Å². The van der Waals surface area contributed by atoms with Crippen LogP contribution in [0.15, 0.2) is 22.9 Å². The first-order chi connectivity index (χ1) is 7.00. The van der Waals surface area contributed by atoms with Crippen molar-refractivity contribution in [1.82, 2.24) is 4.98 Å². The van der Waals surface area contributed by atoms with Crippen LogP contribution in [0.25, 0.3) is 0 Å². The maximum Gasteiger partial charge on any atom is 0.306 e. The van der Waals surface area contributed by atoms with Crippen molar-refractivity contribution < 1.29 is 20.1 Å². The Labute approximate surface area is 94.5 Å². The second-order valence-electron chi connectivity index (χ2n) is 3.02. The summed E-state index contributed by atoms with van der Waals surface area (Å²) < 4.78 is 0.603. The topological polar surface area (TPSA) is 90.7 Å². The predicted molar refractivity (Wildman–Crippen MR) is 55.2 cm³/mol. The van der Waals surface area contributed by atoms with Crippen LogP contribution >= 0.6 is 15.9 Å². The van der Waals surface area contributed by atoms with E-state index in [-0.39, 0.29) is 0 Å². The molecule has 5 nitrogen and oxygen atoms in total. The van der Waals surface area contributed by atoms with Crippen molar-refractivity contribution in [2.24, 2.45) is 0 Å². The summed E-state index contributed by atoms with van der Waals surface area (Å²) in [5, 5.41) is 27.3. The number of aliphatic hydroxyl groups is 2. The van der Waals surface area contributed by atoms with E-state index in [1.807, 2.05) is 0 Å². The lowest BCUT2D eigenvalue weighted by molar-refractivity contribution is -0.141. The molecule has 0 amide bonds. The summed E-state index contributed by atoms with van der Waals surface area (Å²) in [6.07, 6.45) is -1.69. The van der Waals surface area contributed by atoms with Crippen molar-refractivity contribution in [3.8, 4) is 0 Å². The van der Waals surface area contributed by atoms with Crippen molar-refractivity contribution in [3.05, 3.63) is 28.5 Å². The van der Waals surface area contributed by atoms with Crippen LogP contribution < -0.4 is 0 Å². The van der Waals surface area contributed by atoms with Gasteiger partial charge in [-0.1, -0.05) is 6.07 Å². The highest BCUT2D eigenvalue weighted by Crippen LogP contribution is 2.19. The second-order valence-corrected chi connectivity index (χ2v) is 3.84. The molecular weight excluding hydrogens is 266 g/mol. The minimum absolute atomic E-state index is 0.381. The molecule has 15 heavy (non-hydrogen) atoms. The van der Waals surface area contributed by atoms with Crippen LogP contribution in [-0.2, 0) is 4.79 Å². The van der Waals surface area contributed by atoms with E-state index in [0.717, 1.165) is 0 Å². The third-order valence-corrected chi connectivity index (χ3v) is 2.31. The summed E-state index contributed by atoms with van der Waals surface area (Å²) in [6.45, 7) is 0. The highest BCUT2D eigenvalue weighted by atomic mass is 79.9. The van der Waals surface area contributed by atoms with Gasteiger partial charge >= 0.3 is 5.97 Å². The van der Waals surface area contributed by atoms with Gasteiger partial charge in [-0.2, -0.15) is 0 Å². The van der Waals surface area contributed by atoms with Crippen molar-refractivity contribution in [2.75, 3.05) is 0 Å². The SMILES string of the molecule is O=C(O)CC(O)C(O)c1ccc(Br)nc1. The molecule has 0 aromatic carbocycles. The second kappa shape index (κ2) is 5.20. The maximum atomic E-state index is 10.3. The molecule has 0 aliphatic carbocycles. The van der Waals surface area contributed by atoms with Crippen LogP contribution in [0.3, 0.4) is 0 Å². The van der Waals surface area contributed by atoms with E-state index in [2.05, 4.69) is 20.9 Å². The number of carbonyl (C=O) groups is 1. The molecule has 2 atom stereocenters. The lowest BCUT2D eigenvalue weighted by atomic mass is 10.0. The summed E-state index contributed by atoms with van der Waals surface area (Å²) >= 11 is 3.12. The van der Waals surface area contributed by atoms with E-state index in [9.17, 15) is 15.0 Å². The maximum absolute atomic E-state index is 10.3. The molecule has 0 aliphatic heterocycles. The molecule has 0 fully saturated rings. The number of nitrogens with zero attached hydrogens (tertiary/aromatic N) is 1. The molecule has 0 bridgehead atoms. The fourth-order valence-corrected chi connectivity index (χ4v) is 1.31. The molecule has 1 heterocycles. The van der Waals surface area contributed by atoms with Gasteiger partial charge in [-0.15, -0.1) is 0 Å². The van der Waals surface area contributed by atoms with Crippen LogP contribution in [0.1, 0.15) is 18.1 Å². The quantitative estimate of drug-likeness (QED) is 0.705. The number of hydrogen-bond donors (Lipinski definition) is 3. The third kappa shape index (κ3) is 3.58. The first kappa shape index (κ1) is 12.1. The lowest BCUT2D eigenvalue weighted by Gasteiger charge is -2.15. The van der Waals surface area contributed by atoms with Gasteiger partial charge in [-0.25, -0.2) is 4.98 Å². The highest BCUT2D eigenvalue weighted by Gasteiger charge is 2.21. The Kier molecular flexibility index (Phi) is 4.19. The molecule has 3 N–H and O–H groups in total. The molecule has 82 valence electrons. The Balaban J connectivity index is 2.71. The number of carboxylic acids is 1. The van der Waals surface area contributed by atoms with Gasteiger partial charge in [-0.05, 0) is 22.0 Å². The first-order valence-electron chi connectivity index (χ1n) is 4.20. The van der Waals surface area contributed by atoms with E-state index >= 15 is 0 Å². The number of hydrogen-bond acceptors (Lipinski definition) is 4. The number of aromatic nitrogens is 1. The van der Waals surface area contributed by atoms with Crippen LogP contribution in [0.4, 0.5) is 0 Å². The molecule has 1 aromatic heterocycles. The van der Waals surface area contributed by atoms with Crippen molar-refractivity contribution in [3.63, 3.8) is 0 Å². The molecule has 0 saturated heterocycles. The van der Waals surface area contributed by atoms with Gasteiger partial charge in [0, 0.05) is 11.8 Å². The minimum atomic E-state index is -1.33. The minimum Gasteiger partial charge on any atom is -0.481 e. The molecule has 2 unspecified atom stereocenters. The van der Waals surface area contributed by atoms with Crippen LogP contribution in [-0.4, -0.2) is 32.4 Å². The number of rotatable bonds is 4. The number of aliphatic hydroxyl groups excluding tert-OH is 2. The fraction of sp³-hybridized carbons (Fsp3) is 0.333. The lowest BCUT2D eigenvalue weighted by Crippen LogP contribution is -2.21. The molecular formula is C9H10BrNO4. The standard InChI is InChI=1S/C9H10BrNO4/c10-7-2-1-5(4-11-7)9(15)6(12)3-8(13)14/h1-2,4,6,9,12,15H,3H2,(H,13,14). The van der Waals surface area contributed by atoms with Crippen LogP contribution in [0.5, 0.6) is 0 Å². The molecule has 0 radical (unpaired) electrons. The number of aliphatic carboxylic acids is 1. The average molecular weight is 276 g/mol. The summed E-state index contributed by atoms with van der Waals surface area (Å²) in [5.74, 6) is -1.16. The van der Waals surface area contributed by atoms with Crippen LogP contribution in [0.2, 0.25) is 0 Å². The molecule has 0 spiro atoms. The largest absolute Gasteiger partial charge is 0.481 e. The van der Waals surface area contributed by atoms with Gasteiger partial charge < -0.3 is 15.3 Å². The summed E-state index contributed by atoms with van der Waals surface area (Å²) in [6, 6.07) is 3.17. The summed E-state index contributed by atoms with van der Waals surface area (Å²) in [5.41, 5.74) is 0.381. The molecule has 1 aromatic rings. The number of pyridine rings is 1. The zero-order valence-corrected chi connectivity index (χ0v) is 9.25. The van der Waals surface area contributed by atoms with Crippen molar-refractivity contribution >= 4 is 21.9 Å². The molecule has 6 heteroatoms. The Bertz CT molecular complexity index is 340. The van der Waals surface area contributed by atoms with Crippen molar-refractivity contribution in [1.29, 1.82) is 0 Å². The average Bonchev–Trinajstić information content (AvgIpc) is 2.17. The van der Waals surface area contributed by atoms with E-state index in [0.29, 0.717) is 10.2 Å². The van der Waals surface area contributed by atoms with Gasteiger partial charge in [0.2, 0.25) is 0 Å². The van der Waals surface area contributed by atoms with Gasteiger partial charge in [0.25, 0.3) is 0 Å². The van der Waals surface area contributed by atoms with E-state index in [1.54, 1.807) is 12.1 Å². The van der Waals surface area contributed by atoms with Gasteiger partial charge in [0.05, 0.1) is 12.5 Å². The smallest absolute Gasteiger partial charge is 0.306 e. The Morgan fingerprint density at radius 1 is 1.47 bits per heavy atom. The monoisotopic (exact) mass is 275 g/mol. The Morgan fingerprint density at radius 3 is 2.60 bits per heavy atom. The highest BCUT2D eigenvalue weighted by molar-refractivity contribution is 9.10. The van der Waals surface area contributed by atoms with E-state index in [4.69, 9.17) is 5.11 Å². The van der Waals surface area contributed by atoms with E-state index in [1.165, 1.54) is 6.20 Å². The fourth-order valence-electron chi connectivity index (χ4n) is 1.07. The Hall–Kier alpha value is -0.980. The predicted octanol–water partition coefficient (Wildman–Crippen LogP) is 0.713. The number of carboxylic acid groups (broad SMARTS) is 1. The summed E-state index contributed by atoms with van der Waals surface area (Å²) in [4.78, 5) is 14.2. The molecule has 1 rings (SSSR count). The zero-order valence-electron chi connectivity index (χ0n) is 7.67. The Morgan fingerprint density at radius 2 is 2.13 bits per heavy atom. The van der Waals surface area contributed by atoms with Crippen molar-refractivity contribution in [2.45, 2.75) is 18.6 Å².